The summed E-state index contributed by atoms with van der Waals surface area (Å²) in [6.45, 7) is 6.84. The third-order valence-electron chi connectivity index (χ3n) is 6.53. The molecule has 1 aliphatic heterocycles. The standard InChI is InChI=1S/C25H26Cl2N6O/c1-3-31(4-2)24(34)16-8-7-13-32(15-16)25-28-21-14-17(26)11-12-19(21)23-30-29-22(33(23)25)18-9-5-6-10-20(18)27/h5-6,9-12,14,16H,3-4,7-8,13,15H2,1-2H3. The van der Waals surface area contributed by atoms with Crippen LogP contribution in [-0.4, -0.2) is 56.6 Å². The van der Waals surface area contributed by atoms with Crippen LogP contribution in [0.25, 0.3) is 27.9 Å². The molecule has 34 heavy (non-hydrogen) atoms. The number of piperidine rings is 1. The van der Waals surface area contributed by atoms with Crippen LogP contribution in [0, 0.1) is 5.92 Å². The number of hydrogen-bond acceptors (Lipinski definition) is 5. The molecule has 0 N–H and O–H groups in total. The van der Waals surface area contributed by atoms with Crippen molar-refractivity contribution in [2.75, 3.05) is 31.1 Å². The van der Waals surface area contributed by atoms with Gasteiger partial charge in [-0.1, -0.05) is 35.3 Å². The third-order valence-corrected chi connectivity index (χ3v) is 7.09. The molecule has 9 heteroatoms. The maximum atomic E-state index is 13.2. The summed E-state index contributed by atoms with van der Waals surface area (Å²) in [5, 5.41) is 11.1. The topological polar surface area (TPSA) is 66.6 Å². The second-order valence-corrected chi connectivity index (χ2v) is 9.38. The molecule has 0 spiro atoms. The maximum absolute atomic E-state index is 13.2. The smallest absolute Gasteiger partial charge is 0.227 e. The molecular formula is C25H26Cl2N6O. The summed E-state index contributed by atoms with van der Waals surface area (Å²) >= 11 is 12.8. The summed E-state index contributed by atoms with van der Waals surface area (Å²) in [7, 11) is 0. The largest absolute Gasteiger partial charge is 0.343 e. The molecule has 1 atom stereocenters. The number of aromatic nitrogens is 4. The van der Waals surface area contributed by atoms with Gasteiger partial charge in [0.15, 0.2) is 11.5 Å². The van der Waals surface area contributed by atoms with Gasteiger partial charge >= 0.3 is 0 Å². The number of hydrogen-bond donors (Lipinski definition) is 0. The molecule has 7 nitrogen and oxygen atoms in total. The molecule has 1 saturated heterocycles. The average Bonchev–Trinajstić information content (AvgIpc) is 3.29. The first-order valence-electron chi connectivity index (χ1n) is 11.6. The Kier molecular flexibility index (Phi) is 6.32. The van der Waals surface area contributed by atoms with Gasteiger partial charge in [-0.3, -0.25) is 4.79 Å². The van der Waals surface area contributed by atoms with Gasteiger partial charge in [-0.15, -0.1) is 10.2 Å². The molecule has 0 aliphatic carbocycles. The molecule has 1 fully saturated rings. The monoisotopic (exact) mass is 496 g/mol. The first kappa shape index (κ1) is 22.9. The quantitative estimate of drug-likeness (QED) is 0.373. The van der Waals surface area contributed by atoms with E-state index in [0.29, 0.717) is 47.1 Å². The lowest BCUT2D eigenvalue weighted by molar-refractivity contribution is -0.135. The number of benzene rings is 2. The van der Waals surface area contributed by atoms with E-state index < -0.39 is 0 Å². The molecule has 5 rings (SSSR count). The van der Waals surface area contributed by atoms with Crippen LogP contribution in [-0.2, 0) is 4.79 Å². The fourth-order valence-electron chi connectivity index (χ4n) is 4.78. The Hall–Kier alpha value is -2.90. The van der Waals surface area contributed by atoms with Crippen molar-refractivity contribution in [3.8, 4) is 11.4 Å². The van der Waals surface area contributed by atoms with Crippen molar-refractivity contribution in [1.29, 1.82) is 0 Å². The molecule has 0 radical (unpaired) electrons. The molecule has 0 saturated carbocycles. The predicted molar refractivity (Wildman–Crippen MR) is 137 cm³/mol. The minimum absolute atomic E-state index is 0.0826. The zero-order valence-corrected chi connectivity index (χ0v) is 20.7. The number of anilines is 1. The van der Waals surface area contributed by atoms with E-state index in [-0.39, 0.29) is 11.8 Å². The van der Waals surface area contributed by atoms with Crippen molar-refractivity contribution in [3.05, 3.63) is 52.5 Å². The molecule has 0 bridgehead atoms. The maximum Gasteiger partial charge on any atom is 0.227 e. The summed E-state index contributed by atoms with van der Waals surface area (Å²) < 4.78 is 1.96. The summed E-state index contributed by atoms with van der Waals surface area (Å²) in [6.07, 6.45) is 1.77. The Balaban J connectivity index is 1.68. The Morgan fingerprint density at radius 3 is 2.68 bits per heavy atom. The van der Waals surface area contributed by atoms with Gasteiger partial charge in [0.1, 0.15) is 0 Å². The lowest BCUT2D eigenvalue weighted by Gasteiger charge is -2.35. The van der Waals surface area contributed by atoms with Gasteiger partial charge in [-0.05, 0) is 57.0 Å². The molecule has 1 aliphatic rings. The van der Waals surface area contributed by atoms with Gasteiger partial charge in [0, 0.05) is 42.2 Å². The number of carbonyl (C=O) groups excluding carboxylic acids is 1. The first-order chi connectivity index (χ1) is 16.5. The zero-order valence-electron chi connectivity index (χ0n) is 19.2. The van der Waals surface area contributed by atoms with E-state index in [1.54, 1.807) is 0 Å². The number of fused-ring (bicyclic) bond motifs is 3. The van der Waals surface area contributed by atoms with Crippen molar-refractivity contribution >= 4 is 51.6 Å². The molecular weight excluding hydrogens is 471 g/mol. The van der Waals surface area contributed by atoms with E-state index in [1.165, 1.54) is 0 Å². The zero-order chi connectivity index (χ0) is 23.8. The number of amides is 1. The highest BCUT2D eigenvalue weighted by Gasteiger charge is 2.31. The van der Waals surface area contributed by atoms with E-state index in [4.69, 9.17) is 28.2 Å². The third kappa shape index (κ3) is 3.97. The Morgan fingerprint density at radius 1 is 1.12 bits per heavy atom. The lowest BCUT2D eigenvalue weighted by atomic mass is 9.96. The van der Waals surface area contributed by atoms with Crippen molar-refractivity contribution < 1.29 is 4.79 Å². The predicted octanol–water partition coefficient (Wildman–Crippen LogP) is 5.34. The number of halogens is 2. The fraction of sp³-hybridized carbons (Fsp3) is 0.360. The van der Waals surface area contributed by atoms with Gasteiger partial charge in [0.2, 0.25) is 11.9 Å². The van der Waals surface area contributed by atoms with Crippen molar-refractivity contribution in [1.82, 2.24) is 24.5 Å². The van der Waals surface area contributed by atoms with Crippen LogP contribution in [0.4, 0.5) is 5.95 Å². The SMILES string of the molecule is CCN(CC)C(=O)C1CCCN(c2nc3cc(Cl)ccc3c3nnc(-c4ccccc4Cl)n23)C1. The average molecular weight is 497 g/mol. The highest BCUT2D eigenvalue weighted by Crippen LogP contribution is 2.34. The minimum atomic E-state index is -0.0826. The van der Waals surface area contributed by atoms with Crippen LogP contribution in [0.1, 0.15) is 26.7 Å². The minimum Gasteiger partial charge on any atom is -0.343 e. The van der Waals surface area contributed by atoms with Crippen LogP contribution in [0.15, 0.2) is 42.5 Å². The normalized spacial score (nSPS) is 16.4. The Morgan fingerprint density at radius 2 is 1.91 bits per heavy atom. The van der Waals surface area contributed by atoms with Gasteiger partial charge in [0.05, 0.1) is 16.5 Å². The summed E-state index contributed by atoms with van der Waals surface area (Å²) in [6, 6.07) is 13.2. The second kappa shape index (κ2) is 9.39. The van der Waals surface area contributed by atoms with Crippen molar-refractivity contribution in [3.63, 3.8) is 0 Å². The van der Waals surface area contributed by atoms with Crippen LogP contribution < -0.4 is 4.90 Å². The van der Waals surface area contributed by atoms with E-state index in [2.05, 4.69) is 15.1 Å². The van der Waals surface area contributed by atoms with E-state index in [1.807, 2.05) is 65.6 Å². The highest BCUT2D eigenvalue weighted by atomic mass is 35.5. The highest BCUT2D eigenvalue weighted by molar-refractivity contribution is 6.33. The number of nitrogens with zero attached hydrogens (tertiary/aromatic N) is 6. The van der Waals surface area contributed by atoms with Crippen molar-refractivity contribution in [2.45, 2.75) is 26.7 Å². The summed E-state index contributed by atoms with van der Waals surface area (Å²) in [5.74, 6) is 1.43. The van der Waals surface area contributed by atoms with Crippen LogP contribution in [0.5, 0.6) is 0 Å². The Bertz CT molecular complexity index is 1370. The van der Waals surface area contributed by atoms with Gasteiger partial charge in [-0.25, -0.2) is 9.38 Å². The summed E-state index contributed by atoms with van der Waals surface area (Å²) in [4.78, 5) is 22.2. The molecule has 4 aromatic rings. The fourth-order valence-corrected chi connectivity index (χ4v) is 5.16. The van der Waals surface area contributed by atoms with Gasteiger partial charge in [0.25, 0.3) is 0 Å². The van der Waals surface area contributed by atoms with Gasteiger partial charge in [-0.2, -0.15) is 0 Å². The molecule has 3 heterocycles. The molecule has 2 aromatic carbocycles. The van der Waals surface area contributed by atoms with E-state index in [0.717, 1.165) is 35.9 Å². The molecule has 176 valence electrons. The summed E-state index contributed by atoms with van der Waals surface area (Å²) in [5.41, 5.74) is 2.20. The Labute approximate surface area is 208 Å². The van der Waals surface area contributed by atoms with Gasteiger partial charge < -0.3 is 9.80 Å². The van der Waals surface area contributed by atoms with Crippen LogP contribution in [0.2, 0.25) is 10.0 Å². The second-order valence-electron chi connectivity index (χ2n) is 8.53. The number of carbonyl (C=O) groups is 1. The molecule has 1 amide bonds. The first-order valence-corrected chi connectivity index (χ1v) is 12.4. The molecule has 2 aromatic heterocycles. The van der Waals surface area contributed by atoms with E-state index in [9.17, 15) is 4.79 Å². The van der Waals surface area contributed by atoms with Crippen LogP contribution >= 0.6 is 23.2 Å². The molecule has 1 unspecified atom stereocenters. The van der Waals surface area contributed by atoms with Crippen molar-refractivity contribution in [2.24, 2.45) is 5.92 Å². The number of rotatable bonds is 5. The van der Waals surface area contributed by atoms with Crippen LogP contribution in [0.3, 0.4) is 0 Å². The lowest BCUT2D eigenvalue weighted by Crippen LogP contribution is -2.45. The van der Waals surface area contributed by atoms with E-state index >= 15 is 0 Å².